The van der Waals surface area contributed by atoms with Crippen molar-refractivity contribution in [1.29, 1.82) is 0 Å². The van der Waals surface area contributed by atoms with E-state index in [4.69, 9.17) is 11.6 Å². The zero-order chi connectivity index (χ0) is 23.2. The maximum absolute atomic E-state index is 12.4. The highest BCUT2D eigenvalue weighted by Crippen LogP contribution is 2.28. The molecule has 0 spiro atoms. The molecule has 1 aromatic heterocycles. The van der Waals surface area contributed by atoms with Crippen LogP contribution in [0.25, 0.3) is 17.1 Å². The zero-order valence-electron chi connectivity index (χ0n) is 18.2. The number of benzene rings is 3. The van der Waals surface area contributed by atoms with Crippen LogP contribution >= 0.6 is 23.4 Å². The summed E-state index contributed by atoms with van der Waals surface area (Å²) >= 11 is 7.40. The van der Waals surface area contributed by atoms with E-state index in [-0.39, 0.29) is 11.7 Å². The minimum absolute atomic E-state index is 0.137. The summed E-state index contributed by atoms with van der Waals surface area (Å²) in [5, 5.41) is 14.0. The standard InChI is InChI=1S/C25H22ClN5OS/c1-17-7-11-19(12-8-17)24-29-30-25(31(24)21-13-9-18(2)10-14-21)33-16-23(32)28-27-15-20-5-3-4-6-22(20)26/h3-15H,16H2,1-2H3,(H,28,32)/b27-15-. The molecule has 0 atom stereocenters. The highest BCUT2D eigenvalue weighted by Gasteiger charge is 2.17. The number of hydrogen-bond acceptors (Lipinski definition) is 5. The van der Waals surface area contributed by atoms with Crippen LogP contribution < -0.4 is 5.43 Å². The fourth-order valence-electron chi connectivity index (χ4n) is 3.10. The molecular weight excluding hydrogens is 454 g/mol. The highest BCUT2D eigenvalue weighted by molar-refractivity contribution is 7.99. The molecule has 1 heterocycles. The number of halogens is 1. The number of thioether (sulfide) groups is 1. The predicted octanol–water partition coefficient (Wildman–Crippen LogP) is 5.45. The van der Waals surface area contributed by atoms with Gasteiger partial charge in [-0.15, -0.1) is 10.2 Å². The molecule has 4 aromatic rings. The van der Waals surface area contributed by atoms with Crippen molar-refractivity contribution in [2.45, 2.75) is 19.0 Å². The lowest BCUT2D eigenvalue weighted by Crippen LogP contribution is -2.20. The summed E-state index contributed by atoms with van der Waals surface area (Å²) in [4.78, 5) is 12.4. The average Bonchev–Trinajstić information content (AvgIpc) is 3.24. The average molecular weight is 476 g/mol. The first kappa shape index (κ1) is 22.8. The molecule has 33 heavy (non-hydrogen) atoms. The molecule has 0 aliphatic rings. The van der Waals surface area contributed by atoms with Crippen molar-refractivity contribution in [1.82, 2.24) is 20.2 Å². The molecule has 6 nitrogen and oxygen atoms in total. The molecule has 0 aliphatic carbocycles. The second-order valence-electron chi connectivity index (χ2n) is 7.45. The Kier molecular flexibility index (Phi) is 7.22. The van der Waals surface area contributed by atoms with E-state index in [1.54, 1.807) is 6.07 Å². The van der Waals surface area contributed by atoms with Crippen molar-refractivity contribution in [3.63, 3.8) is 0 Å². The van der Waals surface area contributed by atoms with E-state index < -0.39 is 0 Å². The van der Waals surface area contributed by atoms with E-state index in [0.29, 0.717) is 10.2 Å². The zero-order valence-corrected chi connectivity index (χ0v) is 19.8. The van der Waals surface area contributed by atoms with Gasteiger partial charge in [-0.3, -0.25) is 9.36 Å². The molecule has 4 rings (SSSR count). The maximum Gasteiger partial charge on any atom is 0.250 e. The lowest BCUT2D eigenvalue weighted by Gasteiger charge is -2.11. The number of nitrogens with one attached hydrogen (secondary N) is 1. The molecule has 0 radical (unpaired) electrons. The van der Waals surface area contributed by atoms with E-state index in [0.717, 1.165) is 28.2 Å². The first-order valence-corrected chi connectivity index (χ1v) is 11.7. The third kappa shape index (κ3) is 5.69. The number of aryl methyl sites for hydroxylation is 2. The van der Waals surface area contributed by atoms with Crippen LogP contribution in [0.2, 0.25) is 5.02 Å². The Labute approximate surface area is 201 Å². The number of carbonyl (C=O) groups is 1. The van der Waals surface area contributed by atoms with Crippen molar-refractivity contribution in [3.8, 4) is 17.1 Å². The summed E-state index contributed by atoms with van der Waals surface area (Å²) in [6, 6.07) is 23.5. The summed E-state index contributed by atoms with van der Waals surface area (Å²) in [5.41, 5.74) is 7.48. The van der Waals surface area contributed by atoms with E-state index >= 15 is 0 Å². The first-order valence-electron chi connectivity index (χ1n) is 10.3. The maximum atomic E-state index is 12.4. The van der Waals surface area contributed by atoms with Gasteiger partial charge in [0.05, 0.1) is 12.0 Å². The normalized spacial score (nSPS) is 11.1. The van der Waals surface area contributed by atoms with Crippen LogP contribution in [-0.4, -0.2) is 32.6 Å². The second-order valence-corrected chi connectivity index (χ2v) is 8.80. The lowest BCUT2D eigenvalue weighted by molar-refractivity contribution is -0.118. The third-order valence-electron chi connectivity index (χ3n) is 4.87. The summed E-state index contributed by atoms with van der Waals surface area (Å²) in [6.07, 6.45) is 1.52. The van der Waals surface area contributed by atoms with Gasteiger partial charge in [0, 0.05) is 21.8 Å². The number of rotatable bonds is 7. The van der Waals surface area contributed by atoms with Crippen LogP contribution in [0.5, 0.6) is 0 Å². The molecule has 3 aromatic carbocycles. The summed E-state index contributed by atoms with van der Waals surface area (Å²) in [5.74, 6) is 0.606. The minimum Gasteiger partial charge on any atom is -0.272 e. The van der Waals surface area contributed by atoms with Gasteiger partial charge in [0.25, 0.3) is 5.91 Å². The number of aromatic nitrogens is 3. The lowest BCUT2D eigenvalue weighted by atomic mass is 10.1. The number of amides is 1. The molecule has 166 valence electrons. The Bertz CT molecular complexity index is 1280. The van der Waals surface area contributed by atoms with E-state index in [1.165, 1.54) is 23.5 Å². The quantitative estimate of drug-likeness (QED) is 0.219. The van der Waals surface area contributed by atoms with Crippen molar-refractivity contribution in [2.75, 3.05) is 5.75 Å². The molecule has 0 unspecified atom stereocenters. The van der Waals surface area contributed by atoms with Gasteiger partial charge in [0.1, 0.15) is 0 Å². The Balaban J connectivity index is 1.52. The summed E-state index contributed by atoms with van der Waals surface area (Å²) < 4.78 is 1.97. The molecule has 1 amide bonds. The van der Waals surface area contributed by atoms with E-state index in [2.05, 4.69) is 20.7 Å². The number of nitrogens with zero attached hydrogens (tertiary/aromatic N) is 4. The molecule has 0 fully saturated rings. The van der Waals surface area contributed by atoms with Crippen molar-refractivity contribution in [3.05, 3.63) is 94.5 Å². The van der Waals surface area contributed by atoms with Crippen molar-refractivity contribution < 1.29 is 4.79 Å². The first-order chi connectivity index (χ1) is 16.0. The molecule has 0 bridgehead atoms. The van der Waals surface area contributed by atoms with Gasteiger partial charge < -0.3 is 0 Å². The molecule has 0 aliphatic heterocycles. The number of hydrazone groups is 1. The van der Waals surface area contributed by atoms with Gasteiger partial charge in [0.2, 0.25) is 0 Å². The van der Waals surface area contributed by atoms with Gasteiger partial charge in [-0.2, -0.15) is 5.10 Å². The molecule has 8 heteroatoms. The van der Waals surface area contributed by atoms with Crippen LogP contribution in [0.3, 0.4) is 0 Å². The minimum atomic E-state index is -0.251. The Morgan fingerprint density at radius 2 is 1.67 bits per heavy atom. The van der Waals surface area contributed by atoms with Crippen LogP contribution in [0.4, 0.5) is 0 Å². The van der Waals surface area contributed by atoms with Crippen LogP contribution in [-0.2, 0) is 4.79 Å². The van der Waals surface area contributed by atoms with Crippen LogP contribution in [0.15, 0.2) is 83.1 Å². The van der Waals surface area contributed by atoms with Gasteiger partial charge in [-0.05, 0) is 32.0 Å². The Morgan fingerprint density at radius 1 is 1.00 bits per heavy atom. The topological polar surface area (TPSA) is 72.2 Å². The highest BCUT2D eigenvalue weighted by atomic mass is 35.5. The number of hydrogen-bond donors (Lipinski definition) is 1. The van der Waals surface area contributed by atoms with E-state index in [1.807, 2.05) is 85.1 Å². The van der Waals surface area contributed by atoms with Crippen molar-refractivity contribution in [2.24, 2.45) is 5.10 Å². The van der Waals surface area contributed by atoms with Gasteiger partial charge in [-0.1, -0.05) is 89.1 Å². The van der Waals surface area contributed by atoms with Gasteiger partial charge >= 0.3 is 0 Å². The third-order valence-corrected chi connectivity index (χ3v) is 6.14. The molecule has 0 saturated heterocycles. The van der Waals surface area contributed by atoms with Gasteiger partial charge in [-0.25, -0.2) is 5.43 Å². The fraction of sp³-hybridized carbons (Fsp3) is 0.120. The molecular formula is C25H22ClN5OS. The SMILES string of the molecule is Cc1ccc(-c2nnc(SCC(=O)N/N=C\c3ccccc3Cl)n2-c2ccc(C)cc2)cc1. The largest absolute Gasteiger partial charge is 0.272 e. The van der Waals surface area contributed by atoms with Crippen LogP contribution in [0.1, 0.15) is 16.7 Å². The van der Waals surface area contributed by atoms with Gasteiger partial charge in [0.15, 0.2) is 11.0 Å². The fourth-order valence-corrected chi connectivity index (χ4v) is 4.02. The van der Waals surface area contributed by atoms with Crippen molar-refractivity contribution >= 4 is 35.5 Å². The summed E-state index contributed by atoms with van der Waals surface area (Å²) in [6.45, 7) is 4.09. The molecule has 1 N–H and O–H groups in total. The number of carbonyl (C=O) groups excluding carboxylic acids is 1. The van der Waals surface area contributed by atoms with E-state index in [9.17, 15) is 4.79 Å². The molecule has 0 saturated carbocycles. The Hall–Kier alpha value is -3.42. The predicted molar refractivity (Wildman–Crippen MR) is 134 cm³/mol. The monoisotopic (exact) mass is 475 g/mol. The summed E-state index contributed by atoms with van der Waals surface area (Å²) in [7, 11) is 0. The second kappa shape index (κ2) is 10.5. The Morgan fingerprint density at radius 3 is 2.36 bits per heavy atom. The van der Waals surface area contributed by atoms with Crippen LogP contribution in [0, 0.1) is 13.8 Å². The smallest absolute Gasteiger partial charge is 0.250 e.